The average molecular weight is 332 g/mol. The lowest BCUT2D eigenvalue weighted by molar-refractivity contribution is 0.0988. The summed E-state index contributed by atoms with van der Waals surface area (Å²) in [6.45, 7) is 4.07. The zero-order valence-electron chi connectivity index (χ0n) is 14.5. The number of hydrogen-bond donors (Lipinski definition) is 1. The molecule has 1 heterocycles. The molecule has 5 heteroatoms. The minimum atomic E-state index is -0.183. The highest BCUT2D eigenvalue weighted by molar-refractivity contribution is 6.04. The summed E-state index contributed by atoms with van der Waals surface area (Å²) >= 11 is 0. The highest BCUT2D eigenvalue weighted by atomic mass is 16.2. The minimum absolute atomic E-state index is 0.183. The molecule has 1 N–H and O–H groups in total. The Labute approximate surface area is 147 Å². The highest BCUT2D eigenvalue weighted by Crippen LogP contribution is 2.20. The second-order valence-corrected chi connectivity index (χ2v) is 5.91. The molecule has 1 amide bonds. The lowest BCUT2D eigenvalue weighted by Gasteiger charge is -2.17. The van der Waals surface area contributed by atoms with Crippen LogP contribution in [0.5, 0.6) is 0 Å². The summed E-state index contributed by atoms with van der Waals surface area (Å²) in [6.07, 6.45) is 1.59. The van der Waals surface area contributed by atoms with E-state index < -0.39 is 0 Å². The van der Waals surface area contributed by atoms with Gasteiger partial charge in [-0.05, 0) is 43.7 Å². The third-order valence-corrected chi connectivity index (χ3v) is 3.95. The van der Waals surface area contributed by atoms with Crippen molar-refractivity contribution in [3.05, 3.63) is 77.6 Å². The molecule has 0 fully saturated rings. The van der Waals surface area contributed by atoms with Crippen LogP contribution in [-0.2, 0) is 0 Å². The van der Waals surface area contributed by atoms with Crippen molar-refractivity contribution in [1.82, 2.24) is 9.97 Å². The van der Waals surface area contributed by atoms with Gasteiger partial charge >= 0.3 is 0 Å². The van der Waals surface area contributed by atoms with Crippen molar-refractivity contribution in [2.75, 3.05) is 17.3 Å². The number of nitrogens with zero attached hydrogens (tertiary/aromatic N) is 3. The van der Waals surface area contributed by atoms with Crippen molar-refractivity contribution in [2.45, 2.75) is 13.8 Å². The van der Waals surface area contributed by atoms with Crippen LogP contribution in [0.3, 0.4) is 0 Å². The number of amides is 1. The Morgan fingerprint density at radius 1 is 1.04 bits per heavy atom. The third-order valence-electron chi connectivity index (χ3n) is 3.95. The van der Waals surface area contributed by atoms with E-state index in [9.17, 15) is 4.79 Å². The van der Waals surface area contributed by atoms with Crippen LogP contribution in [-0.4, -0.2) is 22.9 Å². The van der Waals surface area contributed by atoms with Crippen molar-refractivity contribution in [3.8, 4) is 0 Å². The first kappa shape index (κ1) is 16.6. The average Bonchev–Trinajstić information content (AvgIpc) is 2.64. The Hall–Kier alpha value is -3.21. The lowest BCUT2D eigenvalue weighted by atomic mass is 10.1. The number of aryl methyl sites for hydroxylation is 2. The molecular weight excluding hydrogens is 312 g/mol. The van der Waals surface area contributed by atoms with Gasteiger partial charge in [-0.3, -0.25) is 4.79 Å². The number of para-hydroxylation sites is 1. The SMILES string of the molecule is Cc1ccc(Nc2nccc(C(=O)N(C)c3ccccc3)n2)c(C)c1. The second kappa shape index (κ2) is 7.13. The molecule has 0 aliphatic carbocycles. The molecule has 3 aromatic rings. The molecule has 0 bridgehead atoms. The Bertz CT molecular complexity index is 893. The fourth-order valence-electron chi connectivity index (χ4n) is 2.55. The van der Waals surface area contributed by atoms with Crippen molar-refractivity contribution >= 4 is 23.2 Å². The molecule has 1 aromatic heterocycles. The zero-order valence-corrected chi connectivity index (χ0v) is 14.5. The molecule has 0 saturated heterocycles. The van der Waals surface area contributed by atoms with E-state index in [1.54, 1.807) is 24.2 Å². The summed E-state index contributed by atoms with van der Waals surface area (Å²) in [4.78, 5) is 22.8. The van der Waals surface area contributed by atoms with Crippen LogP contribution in [0.15, 0.2) is 60.8 Å². The molecule has 126 valence electrons. The van der Waals surface area contributed by atoms with Gasteiger partial charge in [-0.25, -0.2) is 9.97 Å². The van der Waals surface area contributed by atoms with Gasteiger partial charge in [-0.1, -0.05) is 35.9 Å². The number of anilines is 3. The number of carbonyl (C=O) groups is 1. The Balaban J connectivity index is 1.82. The van der Waals surface area contributed by atoms with E-state index in [0.29, 0.717) is 11.6 Å². The van der Waals surface area contributed by atoms with Gasteiger partial charge in [0.15, 0.2) is 0 Å². The third kappa shape index (κ3) is 3.83. The Kier molecular flexibility index (Phi) is 4.75. The fraction of sp³-hybridized carbons (Fsp3) is 0.150. The van der Waals surface area contributed by atoms with E-state index in [1.807, 2.05) is 56.3 Å². The van der Waals surface area contributed by atoms with E-state index >= 15 is 0 Å². The number of hydrogen-bond acceptors (Lipinski definition) is 4. The molecule has 0 atom stereocenters. The molecule has 0 saturated carbocycles. The molecule has 2 aromatic carbocycles. The van der Waals surface area contributed by atoms with E-state index in [1.165, 1.54) is 5.56 Å². The second-order valence-electron chi connectivity index (χ2n) is 5.91. The predicted molar refractivity (Wildman–Crippen MR) is 100 cm³/mol. The molecular formula is C20H20N4O. The summed E-state index contributed by atoms with van der Waals surface area (Å²) in [5.41, 5.74) is 4.37. The van der Waals surface area contributed by atoms with Crippen molar-refractivity contribution in [2.24, 2.45) is 0 Å². The normalized spacial score (nSPS) is 10.4. The quantitative estimate of drug-likeness (QED) is 0.781. The first-order valence-corrected chi connectivity index (χ1v) is 8.05. The summed E-state index contributed by atoms with van der Waals surface area (Å²) in [7, 11) is 1.73. The van der Waals surface area contributed by atoms with Gasteiger partial charge in [0.25, 0.3) is 5.91 Å². The van der Waals surface area contributed by atoms with Crippen molar-refractivity contribution < 1.29 is 4.79 Å². The Morgan fingerprint density at radius 3 is 2.52 bits per heavy atom. The van der Waals surface area contributed by atoms with Crippen LogP contribution < -0.4 is 10.2 Å². The molecule has 0 spiro atoms. The van der Waals surface area contributed by atoms with Crippen LogP contribution in [0.2, 0.25) is 0 Å². The van der Waals surface area contributed by atoms with Gasteiger partial charge in [0.05, 0.1) is 0 Å². The van der Waals surface area contributed by atoms with Crippen molar-refractivity contribution in [3.63, 3.8) is 0 Å². The van der Waals surface area contributed by atoms with Crippen LogP contribution in [0, 0.1) is 13.8 Å². The number of nitrogens with one attached hydrogen (secondary N) is 1. The van der Waals surface area contributed by atoms with Gasteiger partial charge in [0.1, 0.15) is 5.69 Å². The number of carbonyl (C=O) groups excluding carboxylic acids is 1. The maximum atomic E-state index is 12.7. The fourth-order valence-corrected chi connectivity index (χ4v) is 2.55. The lowest BCUT2D eigenvalue weighted by Crippen LogP contribution is -2.27. The molecule has 0 radical (unpaired) electrons. The van der Waals surface area contributed by atoms with Gasteiger partial charge < -0.3 is 10.2 Å². The molecule has 5 nitrogen and oxygen atoms in total. The molecule has 25 heavy (non-hydrogen) atoms. The Morgan fingerprint density at radius 2 is 1.80 bits per heavy atom. The standard InChI is InChI=1S/C20H20N4O/c1-14-9-10-17(15(2)13-14)22-20-21-12-11-18(23-20)19(25)24(3)16-7-5-4-6-8-16/h4-13H,1-3H3,(H,21,22,23). The summed E-state index contributed by atoms with van der Waals surface area (Å²) < 4.78 is 0. The molecule has 0 aliphatic heterocycles. The van der Waals surface area contributed by atoms with Gasteiger partial charge in [-0.15, -0.1) is 0 Å². The maximum absolute atomic E-state index is 12.7. The summed E-state index contributed by atoms with van der Waals surface area (Å²) in [5, 5.41) is 3.18. The van der Waals surface area contributed by atoms with Crippen LogP contribution in [0.4, 0.5) is 17.3 Å². The molecule has 3 rings (SSSR count). The first-order valence-electron chi connectivity index (χ1n) is 8.05. The zero-order chi connectivity index (χ0) is 17.8. The number of benzene rings is 2. The maximum Gasteiger partial charge on any atom is 0.276 e. The smallest absolute Gasteiger partial charge is 0.276 e. The largest absolute Gasteiger partial charge is 0.324 e. The van der Waals surface area contributed by atoms with E-state index in [4.69, 9.17) is 0 Å². The number of rotatable bonds is 4. The minimum Gasteiger partial charge on any atom is -0.324 e. The van der Waals surface area contributed by atoms with Crippen LogP contribution in [0.1, 0.15) is 21.6 Å². The topological polar surface area (TPSA) is 58.1 Å². The van der Waals surface area contributed by atoms with Crippen LogP contribution >= 0.6 is 0 Å². The van der Waals surface area contributed by atoms with E-state index in [2.05, 4.69) is 21.4 Å². The summed E-state index contributed by atoms with van der Waals surface area (Å²) in [6, 6.07) is 17.2. The van der Waals surface area contributed by atoms with Crippen LogP contribution in [0.25, 0.3) is 0 Å². The van der Waals surface area contributed by atoms with Gasteiger partial charge in [0.2, 0.25) is 5.95 Å². The molecule has 0 unspecified atom stereocenters. The van der Waals surface area contributed by atoms with Gasteiger partial charge in [-0.2, -0.15) is 0 Å². The summed E-state index contributed by atoms with van der Waals surface area (Å²) in [5.74, 6) is 0.219. The van der Waals surface area contributed by atoms with Crippen molar-refractivity contribution in [1.29, 1.82) is 0 Å². The highest BCUT2D eigenvalue weighted by Gasteiger charge is 2.15. The first-order chi connectivity index (χ1) is 12.0. The monoisotopic (exact) mass is 332 g/mol. The van der Waals surface area contributed by atoms with E-state index in [0.717, 1.165) is 16.9 Å². The molecule has 0 aliphatic rings. The van der Waals surface area contributed by atoms with Gasteiger partial charge in [0, 0.05) is 24.6 Å². The van der Waals surface area contributed by atoms with E-state index in [-0.39, 0.29) is 5.91 Å². The number of aromatic nitrogens is 2. The predicted octanol–water partition coefficient (Wildman–Crippen LogP) is 4.11.